The van der Waals surface area contributed by atoms with Gasteiger partial charge in [-0.1, -0.05) is 38.1 Å². The van der Waals surface area contributed by atoms with E-state index < -0.39 is 11.7 Å². The standard InChI is InChI=1S/C19H20F3N3S/c1-12(2)14-7-9-17(10-8-14)23-18(26)25-24-13(3)15-5-4-6-16(11-15)19(20,21)22/h4-12H,1-3H3,(H2,23,25,26)/b24-13-. The van der Waals surface area contributed by atoms with Crippen molar-refractivity contribution < 1.29 is 13.2 Å². The van der Waals surface area contributed by atoms with Gasteiger partial charge in [0.25, 0.3) is 0 Å². The fraction of sp³-hybridized carbons (Fsp3) is 0.263. The van der Waals surface area contributed by atoms with E-state index in [4.69, 9.17) is 12.2 Å². The van der Waals surface area contributed by atoms with Gasteiger partial charge in [-0.25, -0.2) is 0 Å². The van der Waals surface area contributed by atoms with Crippen LogP contribution in [0.1, 0.15) is 43.4 Å². The maximum Gasteiger partial charge on any atom is 0.416 e. The number of alkyl halides is 3. The molecule has 138 valence electrons. The first kappa shape index (κ1) is 19.9. The van der Waals surface area contributed by atoms with Crippen LogP contribution in [0.25, 0.3) is 0 Å². The average molecular weight is 379 g/mol. The Balaban J connectivity index is 2.01. The molecule has 7 heteroatoms. The van der Waals surface area contributed by atoms with Crippen molar-refractivity contribution in [2.24, 2.45) is 5.10 Å². The second-order valence-corrected chi connectivity index (χ2v) is 6.53. The van der Waals surface area contributed by atoms with Crippen LogP contribution < -0.4 is 10.7 Å². The van der Waals surface area contributed by atoms with E-state index in [1.165, 1.54) is 11.6 Å². The zero-order valence-electron chi connectivity index (χ0n) is 14.7. The summed E-state index contributed by atoms with van der Waals surface area (Å²) >= 11 is 5.16. The van der Waals surface area contributed by atoms with E-state index in [1.54, 1.807) is 13.0 Å². The number of hydrazone groups is 1. The Labute approximate surface area is 156 Å². The summed E-state index contributed by atoms with van der Waals surface area (Å²) < 4.78 is 38.3. The Morgan fingerprint density at radius 2 is 1.73 bits per heavy atom. The van der Waals surface area contributed by atoms with Gasteiger partial charge in [0.1, 0.15) is 0 Å². The number of nitrogens with zero attached hydrogens (tertiary/aromatic N) is 1. The average Bonchev–Trinajstić information content (AvgIpc) is 2.59. The molecule has 0 aliphatic rings. The Kier molecular flexibility index (Phi) is 6.37. The fourth-order valence-electron chi connectivity index (χ4n) is 2.23. The van der Waals surface area contributed by atoms with Crippen LogP contribution in [0, 0.1) is 0 Å². The predicted molar refractivity (Wildman–Crippen MR) is 104 cm³/mol. The van der Waals surface area contributed by atoms with Crippen LogP contribution in [0.4, 0.5) is 18.9 Å². The van der Waals surface area contributed by atoms with Crippen LogP contribution >= 0.6 is 12.2 Å². The molecule has 2 aromatic rings. The molecule has 0 fully saturated rings. The molecule has 0 saturated heterocycles. The molecule has 0 spiro atoms. The normalized spacial score (nSPS) is 12.2. The van der Waals surface area contributed by atoms with Crippen molar-refractivity contribution in [3.63, 3.8) is 0 Å². The van der Waals surface area contributed by atoms with Crippen LogP contribution in [0.15, 0.2) is 53.6 Å². The Hall–Kier alpha value is -2.41. The van der Waals surface area contributed by atoms with Crippen molar-refractivity contribution in [3.8, 4) is 0 Å². The summed E-state index contributed by atoms with van der Waals surface area (Å²) in [6, 6.07) is 12.8. The number of halogens is 3. The summed E-state index contributed by atoms with van der Waals surface area (Å²) in [5.74, 6) is 0.439. The third kappa shape index (κ3) is 5.56. The number of hydrogen-bond donors (Lipinski definition) is 2. The molecule has 0 aromatic heterocycles. The first-order chi connectivity index (χ1) is 12.2. The lowest BCUT2D eigenvalue weighted by Gasteiger charge is -2.11. The van der Waals surface area contributed by atoms with E-state index in [0.29, 0.717) is 17.2 Å². The maximum absolute atomic E-state index is 12.8. The molecule has 0 atom stereocenters. The lowest BCUT2D eigenvalue weighted by molar-refractivity contribution is -0.137. The van der Waals surface area contributed by atoms with Gasteiger partial charge in [0.15, 0.2) is 5.11 Å². The zero-order chi connectivity index (χ0) is 19.3. The van der Waals surface area contributed by atoms with Crippen LogP contribution in [-0.2, 0) is 6.18 Å². The molecule has 0 unspecified atom stereocenters. The highest BCUT2D eigenvalue weighted by Gasteiger charge is 2.30. The third-order valence-electron chi connectivity index (χ3n) is 3.77. The molecule has 0 radical (unpaired) electrons. The highest BCUT2D eigenvalue weighted by molar-refractivity contribution is 7.80. The van der Waals surface area contributed by atoms with Gasteiger partial charge in [0, 0.05) is 5.69 Å². The number of benzene rings is 2. The van der Waals surface area contributed by atoms with Crippen molar-refractivity contribution in [1.82, 2.24) is 5.43 Å². The van der Waals surface area contributed by atoms with Crippen molar-refractivity contribution in [2.45, 2.75) is 32.9 Å². The van der Waals surface area contributed by atoms with E-state index in [9.17, 15) is 13.2 Å². The summed E-state index contributed by atoms with van der Waals surface area (Å²) in [6.45, 7) is 5.84. The molecule has 26 heavy (non-hydrogen) atoms. The Morgan fingerprint density at radius 1 is 1.08 bits per heavy atom. The van der Waals surface area contributed by atoms with Gasteiger partial charge >= 0.3 is 6.18 Å². The van der Waals surface area contributed by atoms with Crippen LogP contribution in [0.5, 0.6) is 0 Å². The van der Waals surface area contributed by atoms with Gasteiger partial charge < -0.3 is 5.32 Å². The second-order valence-electron chi connectivity index (χ2n) is 6.12. The van der Waals surface area contributed by atoms with Crippen molar-refractivity contribution in [2.75, 3.05) is 5.32 Å². The van der Waals surface area contributed by atoms with Gasteiger partial charge in [0.2, 0.25) is 0 Å². The number of nitrogens with one attached hydrogen (secondary N) is 2. The quantitative estimate of drug-likeness (QED) is 0.416. The molecule has 2 N–H and O–H groups in total. The van der Waals surface area contributed by atoms with Gasteiger partial charge in [-0.2, -0.15) is 18.3 Å². The summed E-state index contributed by atoms with van der Waals surface area (Å²) in [7, 11) is 0. The second kappa shape index (κ2) is 8.31. The molecule has 0 saturated carbocycles. The minimum Gasteiger partial charge on any atom is -0.331 e. The van der Waals surface area contributed by atoms with E-state index in [0.717, 1.165) is 17.8 Å². The van der Waals surface area contributed by atoms with Crippen LogP contribution in [0.2, 0.25) is 0 Å². The summed E-state index contributed by atoms with van der Waals surface area (Å²) in [6.07, 6.45) is -4.39. The molecule has 0 bridgehead atoms. The fourth-order valence-corrected chi connectivity index (χ4v) is 2.39. The maximum atomic E-state index is 12.8. The summed E-state index contributed by atoms with van der Waals surface area (Å²) in [5, 5.41) is 7.30. The first-order valence-electron chi connectivity index (χ1n) is 8.05. The molecule has 3 nitrogen and oxygen atoms in total. The molecule has 0 aliphatic carbocycles. The van der Waals surface area contributed by atoms with Crippen molar-refractivity contribution in [3.05, 3.63) is 65.2 Å². The largest absolute Gasteiger partial charge is 0.416 e. The molecule has 0 heterocycles. The van der Waals surface area contributed by atoms with Gasteiger partial charge in [-0.3, -0.25) is 5.43 Å². The van der Waals surface area contributed by atoms with Crippen LogP contribution in [0.3, 0.4) is 0 Å². The molecule has 0 aliphatic heterocycles. The zero-order valence-corrected chi connectivity index (χ0v) is 15.5. The Morgan fingerprint density at radius 3 is 2.31 bits per heavy atom. The minimum absolute atomic E-state index is 0.258. The molecule has 2 aromatic carbocycles. The highest BCUT2D eigenvalue weighted by atomic mass is 32.1. The SMILES string of the molecule is C/C(=N/NC(=S)Nc1ccc(C(C)C)cc1)c1cccc(C(F)(F)F)c1. The highest BCUT2D eigenvalue weighted by Crippen LogP contribution is 2.29. The van der Waals surface area contributed by atoms with Gasteiger partial charge in [0.05, 0.1) is 11.3 Å². The topological polar surface area (TPSA) is 36.4 Å². The van der Waals surface area contributed by atoms with Crippen molar-refractivity contribution >= 4 is 28.7 Å². The number of rotatable bonds is 4. The number of hydrogen-bond acceptors (Lipinski definition) is 2. The third-order valence-corrected chi connectivity index (χ3v) is 3.96. The molecule has 2 rings (SSSR count). The van der Waals surface area contributed by atoms with Gasteiger partial charge in [-0.15, -0.1) is 0 Å². The summed E-state index contributed by atoms with van der Waals surface area (Å²) in [4.78, 5) is 0. The smallest absolute Gasteiger partial charge is 0.331 e. The van der Waals surface area contributed by atoms with Crippen LogP contribution in [-0.4, -0.2) is 10.8 Å². The number of anilines is 1. The molecular formula is C19H20F3N3S. The lowest BCUT2D eigenvalue weighted by atomic mass is 10.0. The van der Waals surface area contributed by atoms with E-state index in [2.05, 4.69) is 29.7 Å². The minimum atomic E-state index is -4.39. The van der Waals surface area contributed by atoms with E-state index in [-0.39, 0.29) is 5.11 Å². The monoisotopic (exact) mass is 379 g/mol. The summed E-state index contributed by atoms with van der Waals surface area (Å²) in [5.41, 5.74) is 4.73. The van der Waals surface area contributed by atoms with E-state index in [1.807, 2.05) is 24.3 Å². The number of thiocarbonyl (C=S) groups is 1. The Bertz CT molecular complexity index is 796. The van der Waals surface area contributed by atoms with E-state index >= 15 is 0 Å². The van der Waals surface area contributed by atoms with Gasteiger partial charge in [-0.05, 0) is 60.5 Å². The molecule has 0 amide bonds. The first-order valence-corrected chi connectivity index (χ1v) is 8.46. The predicted octanol–water partition coefficient (Wildman–Crippen LogP) is 5.54. The molecular weight excluding hydrogens is 359 g/mol. The lowest BCUT2D eigenvalue weighted by Crippen LogP contribution is -2.25. The van der Waals surface area contributed by atoms with Crippen molar-refractivity contribution in [1.29, 1.82) is 0 Å².